The lowest BCUT2D eigenvalue weighted by Crippen LogP contribution is -2.33. The van der Waals surface area contributed by atoms with Gasteiger partial charge in [0.15, 0.2) is 5.11 Å². The predicted molar refractivity (Wildman–Crippen MR) is 124 cm³/mol. The van der Waals surface area contributed by atoms with Crippen molar-refractivity contribution in [1.29, 1.82) is 0 Å². The van der Waals surface area contributed by atoms with Gasteiger partial charge in [0.2, 0.25) is 5.91 Å². The summed E-state index contributed by atoms with van der Waals surface area (Å²) in [5.41, 5.74) is 8.19. The summed E-state index contributed by atoms with van der Waals surface area (Å²) in [5.74, 6) is -0.303. The van der Waals surface area contributed by atoms with E-state index in [4.69, 9.17) is 18.0 Å². The summed E-state index contributed by atoms with van der Waals surface area (Å²) in [6.45, 7) is 6.73. The Morgan fingerprint density at radius 2 is 2.13 bits per heavy atom. The van der Waals surface area contributed by atoms with Gasteiger partial charge >= 0.3 is 0 Å². The molecular formula is C21H27N5O2S2. The van der Waals surface area contributed by atoms with Crippen molar-refractivity contribution in [2.45, 2.75) is 40.0 Å². The van der Waals surface area contributed by atoms with E-state index in [2.05, 4.69) is 36.5 Å². The molecule has 2 heterocycles. The standard InChI is InChI=1S/C21H27N5O2S2/c1-21(2,3)13-6-7-14-15(9-13)30-19(17(14)18(22)28)25-20(29)24-16(27)8-5-12-10-23-26(4)11-12/h5,8,10-11,13H,6-7,9H2,1-4H3,(H2,22,28)(H2,24,25,27,29)/b8-5+/t13-/m0/s1. The van der Waals surface area contributed by atoms with Gasteiger partial charge in [-0.2, -0.15) is 5.10 Å². The molecule has 30 heavy (non-hydrogen) atoms. The molecule has 1 aliphatic rings. The number of aromatic nitrogens is 2. The maximum Gasteiger partial charge on any atom is 0.251 e. The van der Waals surface area contributed by atoms with Gasteiger partial charge in [-0.3, -0.25) is 19.6 Å². The predicted octanol–water partition coefficient (Wildman–Crippen LogP) is 3.26. The van der Waals surface area contributed by atoms with Crippen LogP contribution in [0.2, 0.25) is 0 Å². The molecule has 2 amide bonds. The normalized spacial score (nSPS) is 16.3. The molecule has 1 atom stereocenters. The number of thiophene rings is 1. The highest BCUT2D eigenvalue weighted by atomic mass is 32.1. The van der Waals surface area contributed by atoms with Crippen LogP contribution in [0.5, 0.6) is 0 Å². The van der Waals surface area contributed by atoms with Crippen LogP contribution < -0.4 is 16.4 Å². The summed E-state index contributed by atoms with van der Waals surface area (Å²) in [6.07, 6.45) is 9.23. The van der Waals surface area contributed by atoms with Gasteiger partial charge in [-0.05, 0) is 54.5 Å². The zero-order valence-corrected chi connectivity index (χ0v) is 19.2. The van der Waals surface area contributed by atoms with Crippen LogP contribution in [0, 0.1) is 11.3 Å². The number of hydrogen-bond acceptors (Lipinski definition) is 5. The summed E-state index contributed by atoms with van der Waals surface area (Å²) in [4.78, 5) is 25.5. The summed E-state index contributed by atoms with van der Waals surface area (Å²) in [7, 11) is 1.80. The largest absolute Gasteiger partial charge is 0.365 e. The summed E-state index contributed by atoms with van der Waals surface area (Å²) in [5, 5.41) is 10.4. The SMILES string of the molecule is Cn1cc(/C=C/C(=O)NC(=S)Nc2sc3c(c2C(N)=O)CC[C@H](C(C)(C)C)C3)cn1. The van der Waals surface area contributed by atoms with E-state index in [0.717, 1.165) is 30.4 Å². The van der Waals surface area contributed by atoms with Crippen LogP contribution in [-0.4, -0.2) is 26.7 Å². The van der Waals surface area contributed by atoms with Gasteiger partial charge in [0.25, 0.3) is 5.91 Å². The fraction of sp³-hybridized carbons (Fsp3) is 0.429. The maximum absolute atomic E-state index is 12.1. The van der Waals surface area contributed by atoms with E-state index >= 15 is 0 Å². The number of thiocarbonyl (C=S) groups is 1. The fourth-order valence-electron chi connectivity index (χ4n) is 3.66. The summed E-state index contributed by atoms with van der Waals surface area (Å²) >= 11 is 6.78. The highest BCUT2D eigenvalue weighted by Gasteiger charge is 2.33. The lowest BCUT2D eigenvalue weighted by Gasteiger charge is -2.33. The first-order chi connectivity index (χ1) is 14.0. The van der Waals surface area contributed by atoms with Crippen LogP contribution in [0.1, 0.15) is 53.6 Å². The quantitative estimate of drug-likeness (QED) is 0.495. The first kappa shape index (κ1) is 22.2. The highest BCUT2D eigenvalue weighted by molar-refractivity contribution is 7.80. The zero-order chi connectivity index (χ0) is 22.1. The number of primary amides is 1. The van der Waals surface area contributed by atoms with Gasteiger partial charge in [-0.1, -0.05) is 20.8 Å². The van der Waals surface area contributed by atoms with E-state index in [0.29, 0.717) is 16.5 Å². The molecule has 0 radical (unpaired) electrons. The van der Waals surface area contributed by atoms with Crippen LogP contribution in [0.25, 0.3) is 6.08 Å². The molecule has 0 aliphatic heterocycles. The second-order valence-corrected chi connectivity index (χ2v) is 10.1. The first-order valence-corrected chi connectivity index (χ1v) is 11.0. The lowest BCUT2D eigenvalue weighted by atomic mass is 9.72. The average Bonchev–Trinajstić information content (AvgIpc) is 3.21. The second kappa shape index (κ2) is 8.69. The summed E-state index contributed by atoms with van der Waals surface area (Å²) in [6, 6.07) is 0. The molecule has 0 bridgehead atoms. The van der Waals surface area contributed by atoms with Crippen LogP contribution in [0.4, 0.5) is 5.00 Å². The number of carbonyl (C=O) groups is 2. The number of carbonyl (C=O) groups excluding carboxylic acids is 2. The van der Waals surface area contributed by atoms with Gasteiger partial charge < -0.3 is 11.1 Å². The highest BCUT2D eigenvalue weighted by Crippen LogP contribution is 2.44. The van der Waals surface area contributed by atoms with Gasteiger partial charge in [0.05, 0.1) is 11.8 Å². The third-order valence-electron chi connectivity index (χ3n) is 5.35. The monoisotopic (exact) mass is 445 g/mol. The van der Waals surface area contributed by atoms with Gasteiger partial charge in [0.1, 0.15) is 5.00 Å². The maximum atomic E-state index is 12.1. The Morgan fingerprint density at radius 1 is 1.40 bits per heavy atom. The molecule has 1 aliphatic carbocycles. The molecule has 0 saturated carbocycles. The number of nitrogens with two attached hydrogens (primary N) is 1. The molecule has 0 aromatic carbocycles. The average molecular weight is 446 g/mol. The second-order valence-electron chi connectivity index (χ2n) is 8.60. The zero-order valence-electron chi connectivity index (χ0n) is 17.6. The molecule has 0 spiro atoms. The number of fused-ring (bicyclic) bond motifs is 1. The van der Waals surface area contributed by atoms with Crippen LogP contribution in [0.3, 0.4) is 0 Å². The molecule has 7 nitrogen and oxygen atoms in total. The van der Waals surface area contributed by atoms with E-state index in [1.54, 1.807) is 30.2 Å². The van der Waals surface area contributed by atoms with Crippen LogP contribution in [0.15, 0.2) is 18.5 Å². The number of amides is 2. The van der Waals surface area contributed by atoms with Crippen LogP contribution in [-0.2, 0) is 24.7 Å². The number of nitrogens with one attached hydrogen (secondary N) is 2. The Labute approximate surface area is 185 Å². The van der Waals surface area contributed by atoms with Crippen molar-refractivity contribution in [1.82, 2.24) is 15.1 Å². The van der Waals surface area contributed by atoms with Crippen molar-refractivity contribution in [3.05, 3.63) is 40.0 Å². The van der Waals surface area contributed by atoms with Crippen LogP contribution >= 0.6 is 23.6 Å². The van der Waals surface area contributed by atoms with E-state index in [-0.39, 0.29) is 16.4 Å². The summed E-state index contributed by atoms with van der Waals surface area (Å²) < 4.78 is 1.65. The molecule has 2 aromatic rings. The van der Waals surface area contributed by atoms with Crippen molar-refractivity contribution < 1.29 is 9.59 Å². The Morgan fingerprint density at radius 3 is 2.73 bits per heavy atom. The molecule has 0 unspecified atom stereocenters. The first-order valence-electron chi connectivity index (χ1n) is 9.77. The van der Waals surface area contributed by atoms with Crippen molar-refractivity contribution in [3.8, 4) is 0 Å². The molecular weight excluding hydrogens is 418 g/mol. The number of aryl methyl sites for hydroxylation is 1. The number of anilines is 1. The minimum Gasteiger partial charge on any atom is -0.365 e. The molecule has 2 aromatic heterocycles. The molecule has 3 rings (SSSR count). The molecule has 9 heteroatoms. The van der Waals surface area contributed by atoms with Gasteiger partial charge in [0, 0.05) is 29.8 Å². The Hall–Kier alpha value is -2.52. The van der Waals surface area contributed by atoms with Gasteiger partial charge in [-0.15, -0.1) is 11.3 Å². The minimum absolute atomic E-state index is 0.129. The van der Waals surface area contributed by atoms with Crippen molar-refractivity contribution >= 4 is 51.6 Å². The molecule has 160 valence electrons. The number of nitrogens with zero attached hydrogens (tertiary/aromatic N) is 2. The van der Waals surface area contributed by atoms with Crippen molar-refractivity contribution in [2.24, 2.45) is 24.1 Å². The fourth-order valence-corrected chi connectivity index (χ4v) is 5.26. The molecule has 0 saturated heterocycles. The number of hydrogen-bond donors (Lipinski definition) is 3. The molecule has 0 fully saturated rings. The number of rotatable bonds is 4. The smallest absolute Gasteiger partial charge is 0.251 e. The van der Waals surface area contributed by atoms with Gasteiger partial charge in [-0.25, -0.2) is 0 Å². The van der Waals surface area contributed by atoms with Crippen molar-refractivity contribution in [2.75, 3.05) is 5.32 Å². The topological polar surface area (TPSA) is 102 Å². The lowest BCUT2D eigenvalue weighted by molar-refractivity contribution is -0.115. The van der Waals surface area contributed by atoms with Crippen molar-refractivity contribution in [3.63, 3.8) is 0 Å². The minimum atomic E-state index is -0.477. The van der Waals surface area contributed by atoms with E-state index in [9.17, 15) is 9.59 Å². The van der Waals surface area contributed by atoms with E-state index in [1.165, 1.54) is 22.3 Å². The van der Waals surface area contributed by atoms with E-state index < -0.39 is 5.91 Å². The third kappa shape index (κ3) is 5.14. The Bertz CT molecular complexity index is 1010. The molecule has 4 N–H and O–H groups in total. The van der Waals surface area contributed by atoms with E-state index in [1.807, 2.05) is 0 Å². The third-order valence-corrected chi connectivity index (χ3v) is 6.73. The Balaban J connectivity index is 1.70. The Kier molecular flexibility index (Phi) is 6.42.